The summed E-state index contributed by atoms with van der Waals surface area (Å²) in [5, 5.41) is 0. The molecule has 0 fully saturated rings. The Morgan fingerprint density at radius 1 is 0.826 bits per heavy atom. The topological polar surface area (TPSA) is 12.9 Å². The largest absolute Gasteiger partial charge is 0.416 e. The van der Waals surface area contributed by atoms with Crippen LogP contribution in [0.2, 0.25) is 0 Å². The van der Waals surface area contributed by atoms with Crippen molar-refractivity contribution in [1.82, 2.24) is 4.98 Å². The van der Waals surface area contributed by atoms with Crippen LogP contribution in [0.5, 0.6) is 0 Å². The highest BCUT2D eigenvalue weighted by Crippen LogP contribution is 2.35. The van der Waals surface area contributed by atoms with Gasteiger partial charge in [0, 0.05) is 11.8 Å². The zero-order valence-electron chi connectivity index (χ0n) is 12.4. The van der Waals surface area contributed by atoms with E-state index in [1.165, 1.54) is 12.1 Å². The van der Waals surface area contributed by atoms with Gasteiger partial charge in [-0.15, -0.1) is 0 Å². The van der Waals surface area contributed by atoms with Gasteiger partial charge >= 0.3 is 6.18 Å². The summed E-state index contributed by atoms with van der Waals surface area (Å²) in [6.07, 6.45) is -2.62. The lowest BCUT2D eigenvalue weighted by Crippen LogP contribution is -2.04. The third-order valence-corrected chi connectivity index (χ3v) is 3.72. The molecule has 3 aromatic rings. The number of rotatable bonds is 2. The lowest BCUT2D eigenvalue weighted by atomic mass is 9.93. The maximum atomic E-state index is 12.7. The van der Waals surface area contributed by atoms with E-state index in [0.29, 0.717) is 0 Å². The van der Waals surface area contributed by atoms with Gasteiger partial charge in [0.1, 0.15) is 0 Å². The highest BCUT2D eigenvalue weighted by Gasteiger charge is 2.30. The van der Waals surface area contributed by atoms with E-state index in [-0.39, 0.29) is 0 Å². The van der Waals surface area contributed by atoms with E-state index in [2.05, 4.69) is 4.98 Å². The standard InChI is InChI=1S/C19H14F3N/c1-13-5-4-6-16(18(13)17-7-2-3-12-23-17)14-8-10-15(11-9-14)19(20,21)22/h2-12H,1H3. The molecular formula is C19H14F3N. The van der Waals surface area contributed by atoms with Crippen molar-refractivity contribution in [1.29, 1.82) is 0 Å². The van der Waals surface area contributed by atoms with E-state index < -0.39 is 11.7 Å². The van der Waals surface area contributed by atoms with E-state index in [0.717, 1.165) is 40.1 Å². The molecule has 0 saturated heterocycles. The number of hydrogen-bond acceptors (Lipinski definition) is 1. The highest BCUT2D eigenvalue weighted by molar-refractivity contribution is 5.84. The fourth-order valence-electron chi connectivity index (χ4n) is 2.60. The minimum Gasteiger partial charge on any atom is -0.256 e. The molecule has 0 aliphatic carbocycles. The van der Waals surface area contributed by atoms with E-state index >= 15 is 0 Å². The molecule has 0 saturated carbocycles. The van der Waals surface area contributed by atoms with Crippen LogP contribution in [0.1, 0.15) is 11.1 Å². The molecule has 0 aliphatic heterocycles. The molecule has 3 rings (SSSR count). The Morgan fingerprint density at radius 3 is 2.17 bits per heavy atom. The van der Waals surface area contributed by atoms with Crippen molar-refractivity contribution in [2.24, 2.45) is 0 Å². The smallest absolute Gasteiger partial charge is 0.256 e. The van der Waals surface area contributed by atoms with Crippen molar-refractivity contribution < 1.29 is 13.2 Å². The summed E-state index contributed by atoms with van der Waals surface area (Å²) in [4.78, 5) is 4.37. The van der Waals surface area contributed by atoms with E-state index in [9.17, 15) is 13.2 Å². The molecule has 0 unspecified atom stereocenters. The monoisotopic (exact) mass is 313 g/mol. The third-order valence-electron chi connectivity index (χ3n) is 3.72. The van der Waals surface area contributed by atoms with Gasteiger partial charge in [0.15, 0.2) is 0 Å². The van der Waals surface area contributed by atoms with Crippen LogP contribution in [0, 0.1) is 6.92 Å². The van der Waals surface area contributed by atoms with Gasteiger partial charge in [-0.1, -0.05) is 36.4 Å². The Bertz CT molecular complexity index is 806. The second-order valence-corrected chi connectivity index (χ2v) is 5.29. The van der Waals surface area contributed by atoms with Crippen LogP contribution in [0.25, 0.3) is 22.4 Å². The van der Waals surface area contributed by atoms with Gasteiger partial charge in [0.05, 0.1) is 11.3 Å². The van der Waals surface area contributed by atoms with Crippen molar-refractivity contribution in [3.63, 3.8) is 0 Å². The second kappa shape index (κ2) is 5.88. The number of aromatic nitrogens is 1. The first-order valence-electron chi connectivity index (χ1n) is 7.15. The van der Waals surface area contributed by atoms with Crippen LogP contribution in [-0.4, -0.2) is 4.98 Å². The number of halogens is 3. The van der Waals surface area contributed by atoms with Crippen LogP contribution in [-0.2, 0) is 6.18 Å². The molecular weight excluding hydrogens is 299 g/mol. The van der Waals surface area contributed by atoms with Gasteiger partial charge in [0.25, 0.3) is 0 Å². The maximum absolute atomic E-state index is 12.7. The fourth-order valence-corrected chi connectivity index (χ4v) is 2.60. The maximum Gasteiger partial charge on any atom is 0.416 e. The van der Waals surface area contributed by atoms with Gasteiger partial charge in [-0.2, -0.15) is 13.2 Å². The molecule has 0 amide bonds. The Hall–Kier alpha value is -2.62. The first-order valence-corrected chi connectivity index (χ1v) is 7.15. The molecule has 0 N–H and O–H groups in total. The fraction of sp³-hybridized carbons (Fsp3) is 0.105. The Kier molecular flexibility index (Phi) is 3.90. The van der Waals surface area contributed by atoms with Crippen molar-refractivity contribution in [3.05, 3.63) is 78.0 Å². The molecule has 0 radical (unpaired) electrons. The summed E-state index contributed by atoms with van der Waals surface area (Å²) >= 11 is 0. The summed E-state index contributed by atoms with van der Waals surface area (Å²) < 4.78 is 38.2. The quantitative estimate of drug-likeness (QED) is 0.587. The molecule has 1 nitrogen and oxygen atoms in total. The van der Waals surface area contributed by atoms with Gasteiger partial charge < -0.3 is 0 Å². The third kappa shape index (κ3) is 3.11. The molecule has 4 heteroatoms. The minimum absolute atomic E-state index is 0.645. The summed E-state index contributed by atoms with van der Waals surface area (Å²) in [5.41, 5.74) is 3.74. The van der Waals surface area contributed by atoms with Crippen LogP contribution >= 0.6 is 0 Å². The molecule has 1 aromatic heterocycles. The zero-order valence-corrected chi connectivity index (χ0v) is 12.4. The van der Waals surface area contributed by atoms with Crippen molar-refractivity contribution in [2.45, 2.75) is 13.1 Å². The lowest BCUT2D eigenvalue weighted by molar-refractivity contribution is -0.137. The molecule has 0 spiro atoms. The van der Waals surface area contributed by atoms with Gasteiger partial charge in [-0.05, 0) is 47.9 Å². The summed E-state index contributed by atoms with van der Waals surface area (Å²) in [6.45, 7) is 1.97. The average molecular weight is 313 g/mol. The van der Waals surface area contributed by atoms with Crippen LogP contribution in [0.15, 0.2) is 66.9 Å². The summed E-state index contributed by atoms with van der Waals surface area (Å²) in [7, 11) is 0. The molecule has 0 bridgehead atoms. The number of benzene rings is 2. The van der Waals surface area contributed by atoms with E-state index in [4.69, 9.17) is 0 Å². The number of hydrogen-bond donors (Lipinski definition) is 0. The number of aryl methyl sites for hydroxylation is 1. The molecule has 116 valence electrons. The SMILES string of the molecule is Cc1cccc(-c2ccc(C(F)(F)F)cc2)c1-c1ccccn1. The molecule has 2 aromatic carbocycles. The Balaban J connectivity index is 2.13. The van der Waals surface area contributed by atoms with Crippen molar-refractivity contribution >= 4 is 0 Å². The Labute approximate surface area is 132 Å². The number of nitrogens with zero attached hydrogens (tertiary/aromatic N) is 1. The molecule has 1 heterocycles. The molecule has 23 heavy (non-hydrogen) atoms. The Morgan fingerprint density at radius 2 is 1.57 bits per heavy atom. The average Bonchev–Trinajstić information content (AvgIpc) is 2.55. The lowest BCUT2D eigenvalue weighted by Gasteiger charge is -2.13. The van der Waals surface area contributed by atoms with Crippen molar-refractivity contribution in [2.75, 3.05) is 0 Å². The van der Waals surface area contributed by atoms with Crippen molar-refractivity contribution in [3.8, 4) is 22.4 Å². The van der Waals surface area contributed by atoms with Crippen LogP contribution < -0.4 is 0 Å². The van der Waals surface area contributed by atoms with Crippen LogP contribution in [0.3, 0.4) is 0 Å². The molecule has 0 aliphatic rings. The van der Waals surface area contributed by atoms with Crippen LogP contribution in [0.4, 0.5) is 13.2 Å². The van der Waals surface area contributed by atoms with Gasteiger partial charge in [0.2, 0.25) is 0 Å². The van der Waals surface area contributed by atoms with E-state index in [1.54, 1.807) is 6.20 Å². The minimum atomic E-state index is -4.32. The summed E-state index contributed by atoms with van der Waals surface area (Å²) in [6, 6.07) is 16.6. The summed E-state index contributed by atoms with van der Waals surface area (Å²) in [5.74, 6) is 0. The highest BCUT2D eigenvalue weighted by atomic mass is 19.4. The second-order valence-electron chi connectivity index (χ2n) is 5.29. The normalized spacial score (nSPS) is 11.5. The predicted octanol–water partition coefficient (Wildman–Crippen LogP) is 5.74. The predicted molar refractivity (Wildman–Crippen MR) is 84.8 cm³/mol. The molecule has 0 atom stereocenters. The van der Waals surface area contributed by atoms with Gasteiger partial charge in [-0.3, -0.25) is 4.98 Å². The van der Waals surface area contributed by atoms with Gasteiger partial charge in [-0.25, -0.2) is 0 Å². The zero-order chi connectivity index (χ0) is 16.4. The van der Waals surface area contributed by atoms with E-state index in [1.807, 2.05) is 43.3 Å². The first-order chi connectivity index (χ1) is 11.0. The number of pyridine rings is 1. The first kappa shape index (κ1) is 15.3. The number of alkyl halides is 3.